The van der Waals surface area contributed by atoms with Gasteiger partial charge in [-0.05, 0) is 39.8 Å². The van der Waals surface area contributed by atoms with Gasteiger partial charge in [-0.25, -0.2) is 0 Å². The molecule has 1 N–H and O–H groups in total. The van der Waals surface area contributed by atoms with Gasteiger partial charge >= 0.3 is 0 Å². The lowest BCUT2D eigenvalue weighted by Gasteiger charge is -2.20. The van der Waals surface area contributed by atoms with Crippen LogP contribution in [0.15, 0.2) is 18.3 Å². The van der Waals surface area contributed by atoms with E-state index in [2.05, 4.69) is 10.3 Å². The topological polar surface area (TPSA) is 42.0 Å². The van der Waals surface area contributed by atoms with Crippen LogP contribution in [-0.4, -0.2) is 16.4 Å². The van der Waals surface area contributed by atoms with Crippen molar-refractivity contribution in [2.75, 3.05) is 0 Å². The molecule has 1 amide bonds. The first kappa shape index (κ1) is 10.7. The van der Waals surface area contributed by atoms with Crippen LogP contribution < -0.4 is 5.32 Å². The van der Waals surface area contributed by atoms with Crippen LogP contribution in [0.2, 0.25) is 0 Å². The van der Waals surface area contributed by atoms with Crippen molar-refractivity contribution in [2.45, 2.75) is 33.2 Å². The van der Waals surface area contributed by atoms with Gasteiger partial charge in [0.1, 0.15) is 0 Å². The molecule has 0 fully saturated rings. The Labute approximate surface area is 84.6 Å². The number of nitrogens with zero attached hydrogens (tertiary/aromatic N) is 1. The molecule has 1 aromatic rings. The van der Waals surface area contributed by atoms with Gasteiger partial charge in [-0.2, -0.15) is 0 Å². The van der Waals surface area contributed by atoms with Crippen molar-refractivity contribution in [1.82, 2.24) is 10.3 Å². The first-order valence-corrected chi connectivity index (χ1v) is 4.64. The van der Waals surface area contributed by atoms with E-state index in [1.165, 1.54) is 0 Å². The van der Waals surface area contributed by atoms with Crippen molar-refractivity contribution >= 4 is 5.91 Å². The number of carbonyl (C=O) groups is 1. The molecule has 0 saturated carbocycles. The molecular formula is C11H16N2O. The molecule has 0 aromatic carbocycles. The Balaban J connectivity index is 2.76. The molecule has 3 heteroatoms. The van der Waals surface area contributed by atoms with Crippen molar-refractivity contribution in [2.24, 2.45) is 0 Å². The summed E-state index contributed by atoms with van der Waals surface area (Å²) >= 11 is 0. The average Bonchev–Trinajstić information content (AvgIpc) is 2.02. The Hall–Kier alpha value is -1.38. The summed E-state index contributed by atoms with van der Waals surface area (Å²) in [6.07, 6.45) is 1.59. The third-order valence-corrected chi connectivity index (χ3v) is 1.66. The van der Waals surface area contributed by atoms with Gasteiger partial charge in [0, 0.05) is 17.4 Å². The second-order valence-electron chi connectivity index (χ2n) is 4.39. The van der Waals surface area contributed by atoms with E-state index < -0.39 is 0 Å². The first-order chi connectivity index (χ1) is 6.38. The lowest BCUT2D eigenvalue weighted by Crippen LogP contribution is -2.40. The van der Waals surface area contributed by atoms with Crippen LogP contribution >= 0.6 is 0 Å². The van der Waals surface area contributed by atoms with E-state index in [4.69, 9.17) is 0 Å². The fraction of sp³-hybridized carbons (Fsp3) is 0.455. The Morgan fingerprint density at radius 3 is 2.43 bits per heavy atom. The second-order valence-corrected chi connectivity index (χ2v) is 4.39. The fourth-order valence-electron chi connectivity index (χ4n) is 1.01. The highest BCUT2D eigenvalue weighted by atomic mass is 16.1. The van der Waals surface area contributed by atoms with Crippen LogP contribution in [0.25, 0.3) is 0 Å². The zero-order valence-corrected chi connectivity index (χ0v) is 9.09. The van der Waals surface area contributed by atoms with Crippen molar-refractivity contribution in [3.63, 3.8) is 0 Å². The van der Waals surface area contributed by atoms with Gasteiger partial charge in [0.05, 0.1) is 5.56 Å². The lowest BCUT2D eigenvalue weighted by molar-refractivity contribution is 0.0919. The van der Waals surface area contributed by atoms with Crippen molar-refractivity contribution in [3.8, 4) is 0 Å². The van der Waals surface area contributed by atoms with E-state index in [9.17, 15) is 4.79 Å². The number of rotatable bonds is 1. The molecule has 0 spiro atoms. The van der Waals surface area contributed by atoms with Crippen molar-refractivity contribution in [3.05, 3.63) is 29.6 Å². The number of hydrogen-bond acceptors (Lipinski definition) is 2. The minimum Gasteiger partial charge on any atom is -0.347 e. The van der Waals surface area contributed by atoms with Gasteiger partial charge < -0.3 is 5.32 Å². The maximum atomic E-state index is 11.6. The van der Waals surface area contributed by atoms with Crippen LogP contribution in [0.4, 0.5) is 0 Å². The molecular weight excluding hydrogens is 176 g/mol. The third-order valence-electron chi connectivity index (χ3n) is 1.66. The van der Waals surface area contributed by atoms with Gasteiger partial charge in [0.15, 0.2) is 0 Å². The molecule has 0 unspecified atom stereocenters. The maximum absolute atomic E-state index is 11.6. The lowest BCUT2D eigenvalue weighted by atomic mass is 10.1. The molecule has 1 rings (SSSR count). The molecule has 3 nitrogen and oxygen atoms in total. The summed E-state index contributed by atoms with van der Waals surface area (Å²) in [7, 11) is 0. The van der Waals surface area contributed by atoms with Gasteiger partial charge in [-0.3, -0.25) is 9.78 Å². The van der Waals surface area contributed by atoms with Crippen LogP contribution in [0.5, 0.6) is 0 Å². The summed E-state index contributed by atoms with van der Waals surface area (Å²) in [5.41, 5.74) is 1.31. The number of hydrogen-bond donors (Lipinski definition) is 1. The minimum absolute atomic E-state index is 0.0787. The van der Waals surface area contributed by atoms with Crippen molar-refractivity contribution in [1.29, 1.82) is 0 Å². The SMILES string of the molecule is Cc1ccc(C(=O)NC(C)(C)C)cn1. The highest BCUT2D eigenvalue weighted by Crippen LogP contribution is 2.04. The van der Waals surface area contributed by atoms with E-state index in [0.717, 1.165) is 5.69 Å². The highest BCUT2D eigenvalue weighted by Gasteiger charge is 2.14. The first-order valence-electron chi connectivity index (χ1n) is 4.64. The Morgan fingerprint density at radius 1 is 1.36 bits per heavy atom. The smallest absolute Gasteiger partial charge is 0.253 e. The summed E-state index contributed by atoms with van der Waals surface area (Å²) in [5.74, 6) is -0.0787. The van der Waals surface area contributed by atoms with Gasteiger partial charge in [0.25, 0.3) is 5.91 Å². The van der Waals surface area contributed by atoms with E-state index in [1.807, 2.05) is 33.8 Å². The van der Waals surface area contributed by atoms with Gasteiger partial charge in [0.2, 0.25) is 0 Å². The van der Waals surface area contributed by atoms with Crippen LogP contribution in [0.1, 0.15) is 36.8 Å². The largest absolute Gasteiger partial charge is 0.347 e. The third kappa shape index (κ3) is 3.17. The van der Waals surface area contributed by atoms with Gasteiger partial charge in [-0.15, -0.1) is 0 Å². The Bertz CT molecular complexity index is 322. The van der Waals surface area contributed by atoms with Crippen LogP contribution in [-0.2, 0) is 0 Å². The summed E-state index contributed by atoms with van der Waals surface area (Å²) in [6.45, 7) is 7.75. The summed E-state index contributed by atoms with van der Waals surface area (Å²) < 4.78 is 0. The minimum atomic E-state index is -0.206. The molecule has 0 aliphatic carbocycles. The molecule has 1 heterocycles. The summed E-state index contributed by atoms with van der Waals surface area (Å²) in [4.78, 5) is 15.7. The number of aromatic nitrogens is 1. The molecule has 0 aliphatic rings. The van der Waals surface area contributed by atoms with E-state index in [1.54, 1.807) is 12.3 Å². The highest BCUT2D eigenvalue weighted by molar-refractivity contribution is 5.94. The normalized spacial score (nSPS) is 11.1. The molecule has 14 heavy (non-hydrogen) atoms. The Morgan fingerprint density at radius 2 is 2.00 bits per heavy atom. The van der Waals surface area contributed by atoms with Crippen LogP contribution in [0.3, 0.4) is 0 Å². The van der Waals surface area contributed by atoms with E-state index in [-0.39, 0.29) is 11.4 Å². The molecule has 0 bridgehead atoms. The van der Waals surface area contributed by atoms with Crippen molar-refractivity contribution < 1.29 is 4.79 Å². The molecule has 1 aromatic heterocycles. The maximum Gasteiger partial charge on any atom is 0.253 e. The quantitative estimate of drug-likeness (QED) is 0.738. The zero-order chi connectivity index (χ0) is 10.8. The van der Waals surface area contributed by atoms with Crippen LogP contribution in [0, 0.1) is 6.92 Å². The summed E-state index contributed by atoms with van der Waals surface area (Å²) in [5, 5.41) is 2.88. The number of pyridine rings is 1. The van der Waals surface area contributed by atoms with E-state index >= 15 is 0 Å². The summed E-state index contributed by atoms with van der Waals surface area (Å²) in [6, 6.07) is 3.61. The number of nitrogens with one attached hydrogen (secondary N) is 1. The second kappa shape index (κ2) is 3.78. The van der Waals surface area contributed by atoms with E-state index in [0.29, 0.717) is 5.56 Å². The molecule has 0 atom stereocenters. The predicted molar refractivity (Wildman–Crippen MR) is 56.2 cm³/mol. The van der Waals surface area contributed by atoms with Gasteiger partial charge in [-0.1, -0.05) is 0 Å². The zero-order valence-electron chi connectivity index (χ0n) is 9.09. The number of carbonyl (C=O) groups excluding carboxylic acids is 1. The number of aryl methyl sites for hydroxylation is 1. The monoisotopic (exact) mass is 192 g/mol. The molecule has 0 aliphatic heterocycles. The average molecular weight is 192 g/mol. The molecule has 0 radical (unpaired) electrons. The Kier molecular flexibility index (Phi) is 2.89. The standard InChI is InChI=1S/C11H16N2O/c1-8-5-6-9(7-12-8)10(14)13-11(2,3)4/h5-7H,1-4H3,(H,13,14). The fourth-order valence-corrected chi connectivity index (χ4v) is 1.01. The number of amides is 1. The molecule has 76 valence electrons. The predicted octanol–water partition coefficient (Wildman–Crippen LogP) is 1.92. The molecule has 0 saturated heterocycles.